The molecule has 0 saturated carbocycles. The minimum atomic E-state index is -1.00. The molecule has 0 aromatic carbocycles. The van der Waals surface area contributed by atoms with E-state index in [1.54, 1.807) is 0 Å². The number of carbonyl (C=O) groups is 13. The molecule has 0 unspecified atom stereocenters. The van der Waals surface area contributed by atoms with Crippen molar-refractivity contribution in [2.45, 2.75) is 78.4 Å². The standard InChI is InChI=1S/C69H95N33O21/c1-40-25-100(68(122)89-60(40)115)36-55(112)93(29-48(105)77-10-19-91(27-46(75)103)52(109)33-97-16-6-43(72)84-65(97)119)21-12-79-50(107)31-95(57(114)38-102-39-83-59-58(102)63(118)88-64(76)87-59)23-14-81-47(104)28-92(53(110)34-98-17-7-44(73)85-66(98)120)20-11-78-49(106)30-94(56(113)37-101-26-41(2)61(116)90-69(101)123)22-13-80-51(108)32-96(24-15-82-62(117)42(71)5-3-4-9-70)54(111)35-99-18-8-45(74)86-67(99)121/h6-8,16-18,25-26,39,42H,3-5,9-15,19-24,27-38,70-71H2,1-2H3,(H2,75,103)(H,77,105)(H,78,106)(H,79,107)(H,80,108)(H,81,104)(H,82,117)(H2,72,84,119)(H2,73,85,120)(H2,74,86,121)(H,89,115,122)(H,90,116,123)(H3,76,87,88,118)/t42-/m0/s1. The molecule has 0 aliphatic carbocycles. The van der Waals surface area contributed by atoms with E-state index in [9.17, 15) is 101 Å². The van der Waals surface area contributed by atoms with Gasteiger partial charge in [-0.05, 0) is 51.4 Å². The van der Waals surface area contributed by atoms with Gasteiger partial charge in [0.05, 0.1) is 51.6 Å². The number of primary amides is 1. The first kappa shape index (κ1) is 94.7. The maximum Gasteiger partial charge on any atom is 0.349 e. The Morgan fingerprint density at radius 1 is 0.407 bits per heavy atom. The molecule has 0 radical (unpaired) electrons. The quantitative estimate of drug-likeness (QED) is 0.0158. The SMILES string of the molecule is Cc1cn(CC(=O)N(CCNC(=O)CN(CCNC(=O)CN(CCNC(=O)CN(CCNC(=O)CN(CCNC(=O)[C@@H](N)CCCCN)C(=O)Cn2ccc(N)nc2=O)C(=O)Cn2cc(C)c(=O)[nH]c2=O)C(=O)Cn2ccc(N)nc2=O)C(=O)Cn2cnc3nc(N)[nH]c(=O)c32)CC(=O)NCCN(CC(N)=O)C(=O)Cn2ccc(N)nc2=O)c(=O)[nH]c1=O. The summed E-state index contributed by atoms with van der Waals surface area (Å²) in [6.45, 7) is -10.9. The summed E-state index contributed by atoms with van der Waals surface area (Å²) in [5, 5.41) is 15.2. The van der Waals surface area contributed by atoms with E-state index in [-0.39, 0.29) is 71.9 Å². The Kier molecular flexibility index (Phi) is 35.0. The summed E-state index contributed by atoms with van der Waals surface area (Å²) < 4.78 is 5.44. The molecule has 13 amide bonds. The third-order valence-corrected chi connectivity index (χ3v) is 18.0. The van der Waals surface area contributed by atoms with Gasteiger partial charge >= 0.3 is 28.4 Å². The Hall–Kier alpha value is -15.4. The van der Waals surface area contributed by atoms with Crippen molar-refractivity contribution in [3.63, 3.8) is 0 Å². The monoisotopic (exact) mass is 1720 g/mol. The molecule has 54 heteroatoms. The number of hydrogen-bond acceptors (Lipinski definition) is 32. The molecule has 23 N–H and O–H groups in total. The highest BCUT2D eigenvalue weighted by Crippen LogP contribution is 2.09. The number of fused-ring (bicyclic) bond motifs is 1. The van der Waals surface area contributed by atoms with Crippen molar-refractivity contribution in [3.05, 3.63) is 150 Å². The number of anilines is 4. The average molecular weight is 1720 g/mol. The Labute approximate surface area is 692 Å². The first-order valence-electron chi connectivity index (χ1n) is 37.7. The number of nitrogens with one attached hydrogen (secondary N) is 9. The molecular formula is C69H95N33O21. The van der Waals surface area contributed by atoms with Gasteiger partial charge in [-0.2, -0.15) is 19.9 Å². The van der Waals surface area contributed by atoms with Gasteiger partial charge in [-0.15, -0.1) is 0 Å². The molecule has 1 atom stereocenters. The van der Waals surface area contributed by atoms with Crippen LogP contribution in [0.5, 0.6) is 0 Å². The maximum atomic E-state index is 14.4. The number of carbonyl (C=O) groups excluding carboxylic acids is 13. The summed E-state index contributed by atoms with van der Waals surface area (Å²) in [5.74, 6) is -12.1. The molecular weight excluding hydrogens is 1630 g/mol. The van der Waals surface area contributed by atoms with Gasteiger partial charge in [0.1, 0.15) is 56.7 Å². The van der Waals surface area contributed by atoms with Crippen LogP contribution >= 0.6 is 0 Å². The third-order valence-electron chi connectivity index (χ3n) is 18.0. The van der Waals surface area contributed by atoms with Gasteiger partial charge in [0.2, 0.25) is 82.7 Å². The Balaban J connectivity index is 1.04. The number of hydrogen-bond donors (Lipinski definition) is 16. The molecule has 7 aromatic heterocycles. The van der Waals surface area contributed by atoms with Gasteiger partial charge in [0.15, 0.2) is 11.2 Å². The van der Waals surface area contributed by atoms with E-state index in [1.807, 2.05) is 0 Å². The number of unbranched alkanes of at least 4 members (excludes halogenated alkanes) is 1. The number of nitrogen functional groups attached to an aromatic ring is 4. The second-order valence-electron chi connectivity index (χ2n) is 27.5. The van der Waals surface area contributed by atoms with E-state index in [2.05, 4.69) is 71.8 Å². The van der Waals surface area contributed by atoms with Crippen LogP contribution in [0.25, 0.3) is 11.2 Å². The summed E-state index contributed by atoms with van der Waals surface area (Å²) in [6, 6.07) is 2.78. The Morgan fingerprint density at radius 3 is 1.03 bits per heavy atom. The second-order valence-corrected chi connectivity index (χ2v) is 27.5. The molecule has 7 aromatic rings. The molecule has 0 aliphatic rings. The van der Waals surface area contributed by atoms with Gasteiger partial charge < -0.3 is 106 Å². The lowest BCUT2D eigenvalue weighted by molar-refractivity contribution is -0.138. The number of aromatic nitrogens is 14. The van der Waals surface area contributed by atoms with Gasteiger partial charge in [0, 0.05) is 121 Å². The van der Waals surface area contributed by atoms with Crippen LogP contribution in [0.4, 0.5) is 23.4 Å². The summed E-state index contributed by atoms with van der Waals surface area (Å²) in [4.78, 5) is 309. The predicted octanol–water partition coefficient (Wildman–Crippen LogP) is -14.5. The average Bonchev–Trinajstić information content (AvgIpc) is 1.65. The molecule has 7 heterocycles. The molecule has 662 valence electrons. The van der Waals surface area contributed by atoms with Crippen LogP contribution in [0.1, 0.15) is 30.4 Å². The molecule has 0 saturated heterocycles. The largest absolute Gasteiger partial charge is 0.383 e. The lowest BCUT2D eigenvalue weighted by Crippen LogP contribution is -2.50. The Morgan fingerprint density at radius 2 is 0.715 bits per heavy atom. The lowest BCUT2D eigenvalue weighted by atomic mass is 10.1. The summed E-state index contributed by atoms with van der Waals surface area (Å²) in [7, 11) is 0. The minimum absolute atomic E-state index is 0.0242. The number of nitrogens with zero attached hydrogens (tertiary/aromatic N) is 17. The topological polar surface area (TPSA) is 774 Å². The number of nitrogens with two attached hydrogens (primary N) is 7. The number of aromatic amines is 3. The highest BCUT2D eigenvalue weighted by atomic mass is 16.2. The second kappa shape index (κ2) is 45.5. The zero-order valence-corrected chi connectivity index (χ0v) is 66.8. The van der Waals surface area contributed by atoms with Crippen molar-refractivity contribution in [2.75, 3.05) is 147 Å². The third kappa shape index (κ3) is 29.9. The van der Waals surface area contributed by atoms with Gasteiger partial charge in [0.25, 0.3) is 16.7 Å². The fourth-order valence-electron chi connectivity index (χ4n) is 11.6. The molecule has 0 bridgehead atoms. The van der Waals surface area contributed by atoms with Crippen LogP contribution in [0.15, 0.2) is 93.9 Å². The number of H-pyrrole nitrogens is 3. The van der Waals surface area contributed by atoms with Crippen molar-refractivity contribution in [2.24, 2.45) is 17.2 Å². The smallest absolute Gasteiger partial charge is 0.349 e. The van der Waals surface area contributed by atoms with Crippen molar-refractivity contribution >= 4 is 111 Å². The van der Waals surface area contributed by atoms with Crippen LogP contribution in [-0.4, -0.2) is 304 Å². The van der Waals surface area contributed by atoms with Gasteiger partial charge in [-0.25, -0.2) is 29.0 Å². The van der Waals surface area contributed by atoms with Crippen LogP contribution in [0, 0.1) is 13.8 Å². The fraction of sp³-hybridized carbons (Fsp3) is 0.449. The predicted molar refractivity (Wildman–Crippen MR) is 431 cm³/mol. The molecule has 0 fully saturated rings. The van der Waals surface area contributed by atoms with Gasteiger partial charge in [-0.1, -0.05) is 6.42 Å². The van der Waals surface area contributed by atoms with Crippen molar-refractivity contribution in [1.82, 2.24) is 129 Å². The number of rotatable bonds is 47. The van der Waals surface area contributed by atoms with Crippen LogP contribution in [0.2, 0.25) is 0 Å². The van der Waals surface area contributed by atoms with E-state index in [4.69, 9.17) is 40.1 Å². The first-order chi connectivity index (χ1) is 58.3. The molecule has 7 rings (SSSR count). The van der Waals surface area contributed by atoms with E-state index in [1.165, 1.54) is 44.4 Å². The van der Waals surface area contributed by atoms with Crippen LogP contribution in [0.3, 0.4) is 0 Å². The normalized spacial score (nSPS) is 11.2. The molecule has 123 heavy (non-hydrogen) atoms. The van der Waals surface area contributed by atoms with Crippen LogP contribution in [-0.2, 0) is 102 Å². The van der Waals surface area contributed by atoms with E-state index >= 15 is 0 Å². The summed E-state index contributed by atoms with van der Waals surface area (Å²) in [6.07, 6.45) is 8.25. The number of aryl methyl sites for hydroxylation is 2. The van der Waals surface area contributed by atoms with Crippen molar-refractivity contribution < 1.29 is 62.3 Å². The van der Waals surface area contributed by atoms with E-state index in [0.29, 0.717) is 25.8 Å². The number of amides is 13. The minimum Gasteiger partial charge on any atom is -0.383 e. The van der Waals surface area contributed by atoms with E-state index < -0.39 is 259 Å². The molecule has 0 spiro atoms. The van der Waals surface area contributed by atoms with Gasteiger partial charge in [-0.3, -0.25) is 115 Å². The summed E-state index contributed by atoms with van der Waals surface area (Å²) in [5.41, 5.74) is 32.1. The van der Waals surface area contributed by atoms with Crippen LogP contribution < -0.4 is 117 Å². The highest BCUT2D eigenvalue weighted by molar-refractivity contribution is 5.90. The van der Waals surface area contributed by atoms with E-state index in [0.717, 1.165) is 81.7 Å². The summed E-state index contributed by atoms with van der Waals surface area (Å²) >= 11 is 0. The van der Waals surface area contributed by atoms with Crippen molar-refractivity contribution in [1.29, 1.82) is 0 Å². The molecule has 54 nitrogen and oxygen atoms in total. The first-order valence-corrected chi connectivity index (χ1v) is 37.7. The molecule has 0 aliphatic heterocycles. The van der Waals surface area contributed by atoms with Crippen molar-refractivity contribution in [3.8, 4) is 0 Å². The lowest BCUT2D eigenvalue weighted by Gasteiger charge is -2.26. The number of imidazole rings is 1. The Bertz CT molecular complexity index is 5590. The highest BCUT2D eigenvalue weighted by Gasteiger charge is 2.28. The zero-order valence-electron chi connectivity index (χ0n) is 66.8. The fourth-order valence-corrected chi connectivity index (χ4v) is 11.6. The maximum absolute atomic E-state index is 14.4. The zero-order chi connectivity index (χ0) is 90.3.